The molecule has 12 nitrogen and oxygen atoms in total. The van der Waals surface area contributed by atoms with Crippen LogP contribution in [0.1, 0.15) is 58.6 Å². The molecule has 0 radical (unpaired) electrons. The quantitative estimate of drug-likeness (QED) is 0.407. The highest BCUT2D eigenvalue weighted by atomic mass is 31.2. The zero-order valence-corrected chi connectivity index (χ0v) is 19.6. The summed E-state index contributed by atoms with van der Waals surface area (Å²) in [6.45, 7) is 2.68. The van der Waals surface area contributed by atoms with Crippen molar-refractivity contribution in [1.29, 1.82) is 0 Å². The Labute approximate surface area is 191 Å². The fraction of sp³-hybridized carbons (Fsp3) is 0.750. The Morgan fingerprint density at radius 1 is 1.36 bits per heavy atom. The molecule has 0 amide bonds. The molecule has 6 atom stereocenters. The van der Waals surface area contributed by atoms with Crippen LogP contribution in [0.15, 0.2) is 17.1 Å². The number of anilines is 1. The van der Waals surface area contributed by atoms with E-state index in [2.05, 4.69) is 4.98 Å². The van der Waals surface area contributed by atoms with Gasteiger partial charge in [0.15, 0.2) is 6.23 Å². The van der Waals surface area contributed by atoms with Gasteiger partial charge in [-0.1, -0.05) is 25.7 Å². The van der Waals surface area contributed by atoms with Crippen LogP contribution in [0.5, 0.6) is 0 Å². The Morgan fingerprint density at radius 3 is 2.64 bits per heavy atom. The first-order valence-corrected chi connectivity index (χ1v) is 12.7. The molecule has 2 saturated heterocycles. The third kappa shape index (κ3) is 4.48. The van der Waals surface area contributed by atoms with E-state index < -0.39 is 49.5 Å². The van der Waals surface area contributed by atoms with Gasteiger partial charge < -0.3 is 20.7 Å². The van der Waals surface area contributed by atoms with Gasteiger partial charge in [0.25, 0.3) is 0 Å². The molecule has 184 valence electrons. The van der Waals surface area contributed by atoms with Crippen LogP contribution in [0.4, 0.5) is 5.82 Å². The maximum atomic E-state index is 14.0. The Balaban J connectivity index is 1.65. The fourth-order valence-corrected chi connectivity index (χ4v) is 7.40. The van der Waals surface area contributed by atoms with E-state index >= 15 is 0 Å². The van der Waals surface area contributed by atoms with Gasteiger partial charge in [-0.3, -0.25) is 18.4 Å². The van der Waals surface area contributed by atoms with Gasteiger partial charge in [-0.25, -0.2) is 9.36 Å². The second-order valence-electron chi connectivity index (χ2n) is 9.12. The van der Waals surface area contributed by atoms with Crippen molar-refractivity contribution in [3.05, 3.63) is 22.7 Å². The van der Waals surface area contributed by atoms with E-state index in [-0.39, 0.29) is 18.5 Å². The van der Waals surface area contributed by atoms with Gasteiger partial charge in [-0.05, 0) is 32.8 Å². The lowest BCUT2D eigenvalue weighted by molar-refractivity contribution is -0.143. The van der Waals surface area contributed by atoms with Gasteiger partial charge in [0.2, 0.25) is 0 Å². The highest BCUT2D eigenvalue weighted by molar-refractivity contribution is 7.51. The standard InChI is InChI=1S/C20H31N4O8P/c1-12(17(25)26)24(13-7-5-3-4-6-8-13)33(29)30-11-14-16(32-33)20(2,28)18(31-14)23-10-9-15(21)22-19(23)27/h9-10,12-14,16,18,28H,3-8,11H2,1-2H3,(H,25,26)(H2,21,22,27)/t12-,14+,16+,18+,20+,33?/m0/s1. The van der Waals surface area contributed by atoms with Crippen molar-refractivity contribution in [2.75, 3.05) is 12.3 Å². The Bertz CT molecular complexity index is 993. The number of aliphatic carboxylic acids is 1. The molecular formula is C20H31N4O8P. The first kappa shape index (κ1) is 24.3. The summed E-state index contributed by atoms with van der Waals surface area (Å²) in [5.41, 5.74) is 3.05. The summed E-state index contributed by atoms with van der Waals surface area (Å²) in [7, 11) is -4.12. The van der Waals surface area contributed by atoms with E-state index in [1.165, 1.54) is 30.8 Å². The Hall–Kier alpha value is -1.82. The molecule has 3 heterocycles. The minimum Gasteiger partial charge on any atom is -0.480 e. The van der Waals surface area contributed by atoms with Crippen molar-refractivity contribution in [2.24, 2.45) is 0 Å². The Morgan fingerprint density at radius 2 is 2.03 bits per heavy atom. The van der Waals surface area contributed by atoms with E-state index in [1.807, 2.05) is 0 Å². The normalized spacial score (nSPS) is 36.3. The number of aliphatic hydroxyl groups is 1. The minimum atomic E-state index is -4.12. The first-order valence-electron chi connectivity index (χ1n) is 11.2. The number of nitrogens with two attached hydrogens (primary N) is 1. The summed E-state index contributed by atoms with van der Waals surface area (Å²) in [5, 5.41) is 21.1. The van der Waals surface area contributed by atoms with Gasteiger partial charge in [0, 0.05) is 12.2 Å². The van der Waals surface area contributed by atoms with Crippen molar-refractivity contribution in [3.63, 3.8) is 0 Å². The van der Waals surface area contributed by atoms with Crippen molar-refractivity contribution in [1.82, 2.24) is 14.2 Å². The number of hydrogen-bond donors (Lipinski definition) is 3. The zero-order valence-electron chi connectivity index (χ0n) is 18.7. The second kappa shape index (κ2) is 9.09. The zero-order chi connectivity index (χ0) is 24.0. The van der Waals surface area contributed by atoms with Crippen LogP contribution in [0, 0.1) is 0 Å². The van der Waals surface area contributed by atoms with Crippen LogP contribution >= 0.6 is 7.75 Å². The number of aromatic nitrogens is 2. The first-order chi connectivity index (χ1) is 15.5. The molecule has 33 heavy (non-hydrogen) atoms. The lowest BCUT2D eigenvalue weighted by Gasteiger charge is -2.43. The van der Waals surface area contributed by atoms with Crippen LogP contribution in [-0.2, 0) is 23.1 Å². The predicted octanol–water partition coefficient (Wildman–Crippen LogP) is 1.50. The maximum absolute atomic E-state index is 14.0. The fourth-order valence-electron chi connectivity index (χ4n) is 4.97. The molecule has 0 spiro atoms. The molecule has 4 N–H and O–H groups in total. The van der Waals surface area contributed by atoms with Gasteiger partial charge in [-0.15, -0.1) is 0 Å². The van der Waals surface area contributed by atoms with Crippen molar-refractivity contribution >= 4 is 19.5 Å². The van der Waals surface area contributed by atoms with Gasteiger partial charge in [0.1, 0.15) is 29.7 Å². The average molecular weight is 486 g/mol. The number of nitrogens with zero attached hydrogens (tertiary/aromatic N) is 3. The summed E-state index contributed by atoms with van der Waals surface area (Å²) in [6.07, 6.45) is 3.38. The molecule has 3 fully saturated rings. The summed E-state index contributed by atoms with van der Waals surface area (Å²) >= 11 is 0. The topological polar surface area (TPSA) is 166 Å². The summed E-state index contributed by atoms with van der Waals surface area (Å²) in [5.74, 6) is -1.12. The molecule has 0 aromatic carbocycles. The van der Waals surface area contributed by atoms with Crippen LogP contribution in [-0.4, -0.2) is 66.9 Å². The summed E-state index contributed by atoms with van der Waals surface area (Å²) in [6, 6.07) is -0.0247. The molecule has 1 aromatic rings. The molecule has 0 bridgehead atoms. The lowest BCUT2D eigenvalue weighted by atomic mass is 9.96. The lowest BCUT2D eigenvalue weighted by Crippen LogP contribution is -2.52. The molecule has 1 aliphatic carbocycles. The third-order valence-corrected chi connectivity index (χ3v) is 8.91. The van der Waals surface area contributed by atoms with Crippen molar-refractivity contribution < 1.29 is 33.4 Å². The second-order valence-corrected chi connectivity index (χ2v) is 11.0. The van der Waals surface area contributed by atoms with Crippen molar-refractivity contribution in [3.8, 4) is 0 Å². The Kier molecular flexibility index (Phi) is 6.69. The molecule has 2 aliphatic heterocycles. The molecule has 3 aliphatic rings. The van der Waals surface area contributed by atoms with Crippen LogP contribution in [0.3, 0.4) is 0 Å². The van der Waals surface area contributed by atoms with Crippen molar-refractivity contribution in [2.45, 2.75) is 88.5 Å². The number of rotatable bonds is 5. The highest BCUT2D eigenvalue weighted by Crippen LogP contribution is 2.62. The number of carboxylic acids is 1. The number of hydrogen-bond acceptors (Lipinski definition) is 9. The average Bonchev–Trinajstić information content (AvgIpc) is 2.91. The maximum Gasteiger partial charge on any atom is 0.409 e. The largest absolute Gasteiger partial charge is 0.480 e. The predicted molar refractivity (Wildman–Crippen MR) is 116 cm³/mol. The summed E-state index contributed by atoms with van der Waals surface area (Å²) in [4.78, 5) is 27.9. The van der Waals surface area contributed by atoms with Gasteiger partial charge in [0.05, 0.1) is 6.61 Å². The van der Waals surface area contributed by atoms with E-state index in [4.69, 9.17) is 19.5 Å². The minimum absolute atomic E-state index is 0.0251. The number of ether oxygens (including phenoxy) is 1. The van der Waals surface area contributed by atoms with Gasteiger partial charge >= 0.3 is 19.4 Å². The molecule has 1 aromatic heterocycles. The van der Waals surface area contributed by atoms with E-state index in [0.717, 1.165) is 30.3 Å². The SMILES string of the molecule is C[C@@H](C(=O)O)N(C1CCCCCC1)P1(=O)OC[C@H]2O[C@@H](n3ccc(N)nc3=O)[C@](C)(O)[C@@H]2O1. The summed E-state index contributed by atoms with van der Waals surface area (Å²) < 4.78 is 33.9. The number of carbonyl (C=O) groups is 1. The molecule has 4 rings (SSSR count). The number of nitrogen functional groups attached to an aromatic ring is 1. The number of carboxylic acid groups (broad SMARTS) is 1. The number of fused-ring (bicyclic) bond motifs is 1. The highest BCUT2D eigenvalue weighted by Gasteiger charge is 2.61. The molecular weight excluding hydrogens is 455 g/mol. The van der Waals surface area contributed by atoms with E-state index in [9.17, 15) is 24.4 Å². The van der Waals surface area contributed by atoms with E-state index in [1.54, 1.807) is 0 Å². The van der Waals surface area contributed by atoms with E-state index in [0.29, 0.717) is 12.8 Å². The molecule has 1 saturated carbocycles. The molecule has 13 heteroatoms. The third-order valence-electron chi connectivity index (χ3n) is 6.71. The smallest absolute Gasteiger partial charge is 0.409 e. The van der Waals surface area contributed by atoms with Gasteiger partial charge in [-0.2, -0.15) is 9.65 Å². The van der Waals surface area contributed by atoms with Crippen LogP contribution in [0.2, 0.25) is 0 Å². The molecule has 1 unspecified atom stereocenters. The monoisotopic (exact) mass is 486 g/mol. The van der Waals surface area contributed by atoms with Crippen LogP contribution < -0.4 is 11.4 Å². The van der Waals surface area contributed by atoms with Crippen LogP contribution in [0.25, 0.3) is 0 Å².